The Bertz CT molecular complexity index is 598. The van der Waals surface area contributed by atoms with Gasteiger partial charge in [-0.25, -0.2) is 0 Å². The zero-order valence-electron chi connectivity index (χ0n) is 11.8. The number of fused-ring (bicyclic) bond motifs is 1. The number of hydrogen-bond acceptors (Lipinski definition) is 4. The Kier molecular flexibility index (Phi) is 3.37. The van der Waals surface area contributed by atoms with Gasteiger partial charge in [-0.05, 0) is 25.0 Å². The van der Waals surface area contributed by atoms with Gasteiger partial charge in [0.05, 0.1) is 5.92 Å². The summed E-state index contributed by atoms with van der Waals surface area (Å²) < 4.78 is 0. The van der Waals surface area contributed by atoms with E-state index in [9.17, 15) is 14.4 Å². The highest BCUT2D eigenvalue weighted by Gasteiger charge is 2.35. The number of hydrogen-bond donors (Lipinski definition) is 2. The molecule has 2 N–H and O–H groups in total. The molecule has 0 saturated carbocycles. The molecule has 0 aromatic heterocycles. The maximum Gasteiger partial charge on any atom is 0.246 e. The first kappa shape index (κ1) is 13.6. The molecule has 2 aliphatic rings. The molecule has 3 amide bonds. The molecule has 1 aromatic carbocycles. The third kappa shape index (κ3) is 2.61. The second-order valence-electron chi connectivity index (χ2n) is 5.59. The summed E-state index contributed by atoms with van der Waals surface area (Å²) in [4.78, 5) is 37.0. The van der Waals surface area contributed by atoms with Crippen molar-refractivity contribution >= 4 is 23.4 Å². The van der Waals surface area contributed by atoms with Gasteiger partial charge in [0.15, 0.2) is 0 Å². The molecule has 2 heterocycles. The van der Waals surface area contributed by atoms with Crippen LogP contribution in [0.1, 0.15) is 24.8 Å². The molecular weight excluding hydrogens is 270 g/mol. The second-order valence-corrected chi connectivity index (χ2v) is 5.59. The molecule has 0 aliphatic carbocycles. The van der Waals surface area contributed by atoms with Gasteiger partial charge in [-0.3, -0.25) is 19.7 Å². The van der Waals surface area contributed by atoms with E-state index >= 15 is 0 Å². The summed E-state index contributed by atoms with van der Waals surface area (Å²) in [5.74, 6) is -1.31. The number of imide groups is 1. The van der Waals surface area contributed by atoms with Gasteiger partial charge >= 0.3 is 0 Å². The van der Waals surface area contributed by atoms with E-state index in [2.05, 4.69) is 10.6 Å². The number of carbonyl (C=O) groups excluding carboxylic acids is 3. The topological polar surface area (TPSA) is 78.5 Å². The summed E-state index contributed by atoms with van der Waals surface area (Å²) in [6, 6.07) is 7.85. The number of amides is 3. The lowest BCUT2D eigenvalue weighted by molar-refractivity contribution is -0.146. The quantitative estimate of drug-likeness (QED) is 0.736. The largest absolute Gasteiger partial charge is 0.382 e. The van der Waals surface area contributed by atoms with Gasteiger partial charge in [0.25, 0.3) is 0 Å². The van der Waals surface area contributed by atoms with Crippen LogP contribution in [-0.4, -0.2) is 41.8 Å². The normalized spacial score (nSPS) is 24.9. The van der Waals surface area contributed by atoms with Crippen molar-refractivity contribution in [1.29, 1.82) is 0 Å². The smallest absolute Gasteiger partial charge is 0.246 e. The number of nitrogens with zero attached hydrogens (tertiary/aromatic N) is 1. The van der Waals surface area contributed by atoms with E-state index in [4.69, 9.17) is 0 Å². The van der Waals surface area contributed by atoms with Crippen molar-refractivity contribution < 1.29 is 14.4 Å². The standard InChI is InChI=1S/C15H17N3O3/c1-9-6-11(10-4-2-3-5-12(10)16-9)15(21)18-7-13(19)17-14(20)8-18/h2-5,9,11,16H,6-8H2,1H3,(H,17,19,20). The van der Waals surface area contributed by atoms with Crippen molar-refractivity contribution in [2.75, 3.05) is 18.4 Å². The van der Waals surface area contributed by atoms with Gasteiger partial charge in [-0.1, -0.05) is 18.2 Å². The van der Waals surface area contributed by atoms with Crippen LogP contribution in [-0.2, 0) is 14.4 Å². The summed E-state index contributed by atoms with van der Waals surface area (Å²) in [5.41, 5.74) is 1.88. The number of nitrogens with one attached hydrogen (secondary N) is 2. The van der Waals surface area contributed by atoms with Crippen LogP contribution in [0.15, 0.2) is 24.3 Å². The molecule has 1 saturated heterocycles. The number of para-hydroxylation sites is 1. The lowest BCUT2D eigenvalue weighted by atomic mass is 9.86. The van der Waals surface area contributed by atoms with Crippen LogP contribution in [0.25, 0.3) is 0 Å². The van der Waals surface area contributed by atoms with Gasteiger partial charge < -0.3 is 10.2 Å². The zero-order chi connectivity index (χ0) is 15.0. The maximum absolute atomic E-state index is 12.7. The van der Waals surface area contributed by atoms with E-state index in [-0.39, 0.29) is 31.0 Å². The summed E-state index contributed by atoms with van der Waals surface area (Å²) >= 11 is 0. The minimum atomic E-state index is -0.421. The molecule has 6 heteroatoms. The minimum absolute atomic E-state index is 0.0505. The Morgan fingerprint density at radius 2 is 1.86 bits per heavy atom. The van der Waals surface area contributed by atoms with Crippen molar-refractivity contribution in [3.63, 3.8) is 0 Å². The van der Waals surface area contributed by atoms with Gasteiger partial charge in [0.1, 0.15) is 13.1 Å². The lowest BCUT2D eigenvalue weighted by Gasteiger charge is -2.34. The maximum atomic E-state index is 12.7. The summed E-state index contributed by atoms with van der Waals surface area (Å²) in [6.07, 6.45) is 0.655. The number of rotatable bonds is 1. The van der Waals surface area contributed by atoms with E-state index in [0.29, 0.717) is 6.42 Å². The molecule has 0 bridgehead atoms. The van der Waals surface area contributed by atoms with Gasteiger partial charge in [0, 0.05) is 11.7 Å². The predicted molar refractivity (Wildman–Crippen MR) is 76.6 cm³/mol. The highest BCUT2D eigenvalue weighted by Crippen LogP contribution is 2.35. The van der Waals surface area contributed by atoms with Gasteiger partial charge in [-0.2, -0.15) is 0 Å². The average molecular weight is 287 g/mol. The van der Waals surface area contributed by atoms with E-state index in [1.54, 1.807) is 0 Å². The first-order valence-electron chi connectivity index (χ1n) is 7.01. The van der Waals surface area contributed by atoms with Crippen LogP contribution in [0.3, 0.4) is 0 Å². The van der Waals surface area contributed by atoms with Crippen molar-refractivity contribution in [2.45, 2.75) is 25.3 Å². The molecule has 2 unspecified atom stereocenters. The van der Waals surface area contributed by atoms with Gasteiger partial charge in [0.2, 0.25) is 17.7 Å². The molecule has 2 aliphatic heterocycles. The van der Waals surface area contributed by atoms with E-state index in [1.807, 2.05) is 31.2 Å². The van der Waals surface area contributed by atoms with E-state index in [1.165, 1.54) is 4.90 Å². The SMILES string of the molecule is CC1CC(C(=O)N2CC(=O)NC(=O)C2)c2ccccc2N1. The highest BCUT2D eigenvalue weighted by atomic mass is 16.2. The van der Waals surface area contributed by atoms with Crippen molar-refractivity contribution in [1.82, 2.24) is 10.2 Å². The summed E-state index contributed by atoms with van der Waals surface area (Å²) in [5, 5.41) is 5.56. The number of piperazine rings is 1. The summed E-state index contributed by atoms with van der Waals surface area (Å²) in [6.45, 7) is 1.92. The molecule has 110 valence electrons. The second kappa shape index (κ2) is 5.20. The number of benzene rings is 1. The first-order valence-corrected chi connectivity index (χ1v) is 7.01. The molecule has 6 nitrogen and oxygen atoms in total. The highest BCUT2D eigenvalue weighted by molar-refractivity contribution is 6.03. The summed E-state index contributed by atoms with van der Waals surface area (Å²) in [7, 11) is 0. The molecule has 2 atom stereocenters. The van der Waals surface area contributed by atoms with Crippen LogP contribution < -0.4 is 10.6 Å². The molecule has 0 spiro atoms. The van der Waals surface area contributed by atoms with Crippen LogP contribution in [0, 0.1) is 0 Å². The Balaban J connectivity index is 1.88. The molecular formula is C15H17N3O3. The number of carbonyl (C=O) groups is 3. The third-order valence-electron chi connectivity index (χ3n) is 3.88. The van der Waals surface area contributed by atoms with Crippen LogP contribution >= 0.6 is 0 Å². The molecule has 1 fully saturated rings. The fourth-order valence-corrected chi connectivity index (χ4v) is 2.98. The van der Waals surface area contributed by atoms with Crippen molar-refractivity contribution in [3.8, 4) is 0 Å². The van der Waals surface area contributed by atoms with E-state index < -0.39 is 11.8 Å². The Hall–Kier alpha value is -2.37. The monoisotopic (exact) mass is 287 g/mol. The molecule has 3 rings (SSSR count). The van der Waals surface area contributed by atoms with Gasteiger partial charge in [-0.15, -0.1) is 0 Å². The minimum Gasteiger partial charge on any atom is -0.382 e. The zero-order valence-corrected chi connectivity index (χ0v) is 11.8. The first-order chi connectivity index (χ1) is 10.0. The van der Waals surface area contributed by atoms with Crippen LogP contribution in [0.2, 0.25) is 0 Å². The fraction of sp³-hybridized carbons (Fsp3) is 0.400. The lowest BCUT2D eigenvalue weighted by Crippen LogP contribution is -2.54. The number of anilines is 1. The van der Waals surface area contributed by atoms with Crippen molar-refractivity contribution in [3.05, 3.63) is 29.8 Å². The fourth-order valence-electron chi connectivity index (χ4n) is 2.98. The third-order valence-corrected chi connectivity index (χ3v) is 3.88. The van der Waals surface area contributed by atoms with Crippen LogP contribution in [0.5, 0.6) is 0 Å². The molecule has 1 aromatic rings. The van der Waals surface area contributed by atoms with E-state index in [0.717, 1.165) is 11.3 Å². The Labute approximate surface area is 122 Å². The molecule has 0 radical (unpaired) electrons. The van der Waals surface area contributed by atoms with Crippen LogP contribution in [0.4, 0.5) is 5.69 Å². The molecule has 21 heavy (non-hydrogen) atoms. The predicted octanol–water partition coefficient (Wildman–Crippen LogP) is 0.459. The van der Waals surface area contributed by atoms with Crippen molar-refractivity contribution in [2.24, 2.45) is 0 Å². The Morgan fingerprint density at radius 3 is 2.57 bits per heavy atom. The average Bonchev–Trinajstić information content (AvgIpc) is 2.44. The Morgan fingerprint density at radius 1 is 1.19 bits per heavy atom.